The van der Waals surface area contributed by atoms with Crippen LogP contribution < -0.4 is 4.90 Å². The van der Waals surface area contributed by atoms with E-state index in [9.17, 15) is 0 Å². The molecule has 0 radical (unpaired) electrons. The summed E-state index contributed by atoms with van der Waals surface area (Å²) >= 11 is 3.88. The van der Waals surface area contributed by atoms with E-state index in [1.807, 2.05) is 0 Å². The molecule has 69 heavy (non-hydrogen) atoms. The summed E-state index contributed by atoms with van der Waals surface area (Å²) < 4.78 is 3.44. The molecule has 12 aromatic rings. The molecule has 0 bridgehead atoms. The SMILES string of the molecule is Brc1cc(-c2ccc(N(c3ccc(-c4ccccc4)cc3)c3ccc(-c4ccccc4)cc3)cc2)cc(-c2ccc(-n3c4ccc(-c5ccccc5)cc4c4cc(-c5ccccc5)ccc43)cc2)c1. The second kappa shape index (κ2) is 18.3. The quantitative estimate of drug-likeness (QED) is 0.133. The van der Waals surface area contributed by atoms with Gasteiger partial charge in [-0.3, -0.25) is 0 Å². The Kier molecular flexibility index (Phi) is 11.1. The molecule has 0 amide bonds. The summed E-state index contributed by atoms with van der Waals surface area (Å²) in [6.45, 7) is 0. The summed E-state index contributed by atoms with van der Waals surface area (Å²) in [7, 11) is 0. The van der Waals surface area contributed by atoms with Gasteiger partial charge in [0.25, 0.3) is 0 Å². The molecule has 0 unspecified atom stereocenters. The van der Waals surface area contributed by atoms with Gasteiger partial charge in [0.15, 0.2) is 0 Å². The molecular formula is C66H45BrN2. The van der Waals surface area contributed by atoms with E-state index in [-0.39, 0.29) is 0 Å². The monoisotopic (exact) mass is 944 g/mol. The molecule has 0 saturated carbocycles. The summed E-state index contributed by atoms with van der Waals surface area (Å²) in [5.74, 6) is 0. The summed E-state index contributed by atoms with van der Waals surface area (Å²) in [4.78, 5) is 2.34. The van der Waals surface area contributed by atoms with Crippen LogP contribution in [-0.2, 0) is 0 Å². The smallest absolute Gasteiger partial charge is 0.0541 e. The normalized spacial score (nSPS) is 11.3. The highest BCUT2D eigenvalue weighted by atomic mass is 79.9. The van der Waals surface area contributed by atoms with Crippen LogP contribution in [0.2, 0.25) is 0 Å². The number of aromatic nitrogens is 1. The van der Waals surface area contributed by atoms with Crippen molar-refractivity contribution in [2.45, 2.75) is 0 Å². The first-order chi connectivity index (χ1) is 34.1. The largest absolute Gasteiger partial charge is 0.311 e. The molecule has 3 heteroatoms. The maximum atomic E-state index is 3.88. The molecule has 2 nitrogen and oxygen atoms in total. The standard InChI is InChI=1S/C66H45BrN2/c67-58-42-56(52-25-35-61(36-26-52)68(59-31-21-50(22-32-59)46-13-5-1-6-14-46)60-33-23-51(24-34-60)47-15-7-2-8-16-47)41-57(43-58)53-27-37-62(38-28-53)69-65-39-29-54(48-17-9-3-10-18-48)44-63(65)64-45-55(30-40-66(64)69)49-19-11-4-12-20-49/h1-45H. The van der Waals surface area contributed by atoms with Crippen LogP contribution >= 0.6 is 15.9 Å². The van der Waals surface area contributed by atoms with Crippen LogP contribution in [-0.4, -0.2) is 4.57 Å². The van der Waals surface area contributed by atoms with Crippen LogP contribution in [0.25, 0.3) is 94.3 Å². The molecule has 1 aromatic heterocycles. The Morgan fingerprint density at radius 2 is 0.536 bits per heavy atom. The predicted molar refractivity (Wildman–Crippen MR) is 296 cm³/mol. The van der Waals surface area contributed by atoms with Gasteiger partial charge in [-0.2, -0.15) is 0 Å². The molecule has 0 fully saturated rings. The van der Waals surface area contributed by atoms with Gasteiger partial charge in [-0.25, -0.2) is 0 Å². The minimum absolute atomic E-state index is 1.03. The zero-order valence-corrected chi connectivity index (χ0v) is 39.3. The fourth-order valence-corrected chi connectivity index (χ4v) is 10.3. The second-order valence-corrected chi connectivity index (χ2v) is 18.4. The van der Waals surface area contributed by atoms with Crippen LogP contribution in [0.1, 0.15) is 0 Å². The Balaban J connectivity index is 0.872. The zero-order chi connectivity index (χ0) is 46.1. The van der Waals surface area contributed by atoms with E-state index < -0.39 is 0 Å². The van der Waals surface area contributed by atoms with Crippen molar-refractivity contribution in [2.75, 3.05) is 4.90 Å². The second-order valence-electron chi connectivity index (χ2n) is 17.5. The molecule has 0 atom stereocenters. The highest BCUT2D eigenvalue weighted by Crippen LogP contribution is 2.41. The van der Waals surface area contributed by atoms with Gasteiger partial charge in [0, 0.05) is 38.0 Å². The van der Waals surface area contributed by atoms with E-state index in [1.54, 1.807) is 0 Å². The Labute approximate surface area is 411 Å². The number of fused-ring (bicyclic) bond motifs is 3. The van der Waals surface area contributed by atoms with Crippen molar-refractivity contribution in [1.82, 2.24) is 4.57 Å². The lowest BCUT2D eigenvalue weighted by Crippen LogP contribution is -2.09. The van der Waals surface area contributed by atoms with Crippen LogP contribution in [0.4, 0.5) is 17.1 Å². The third kappa shape index (κ3) is 8.35. The van der Waals surface area contributed by atoms with E-state index in [2.05, 4.69) is 298 Å². The van der Waals surface area contributed by atoms with Crippen molar-refractivity contribution >= 4 is 54.8 Å². The zero-order valence-electron chi connectivity index (χ0n) is 37.8. The van der Waals surface area contributed by atoms with Crippen LogP contribution in [0.5, 0.6) is 0 Å². The van der Waals surface area contributed by atoms with Crippen molar-refractivity contribution < 1.29 is 0 Å². The molecule has 0 aliphatic heterocycles. The molecular weight excluding hydrogens is 901 g/mol. The lowest BCUT2D eigenvalue weighted by Gasteiger charge is -2.26. The first-order valence-corrected chi connectivity index (χ1v) is 24.2. The van der Waals surface area contributed by atoms with Crippen molar-refractivity contribution in [3.63, 3.8) is 0 Å². The Morgan fingerprint density at radius 3 is 0.899 bits per heavy atom. The summed E-state index contributed by atoms with van der Waals surface area (Å²) in [5.41, 5.74) is 21.0. The third-order valence-electron chi connectivity index (χ3n) is 13.3. The van der Waals surface area contributed by atoms with Crippen molar-refractivity contribution in [2.24, 2.45) is 0 Å². The fourth-order valence-electron chi connectivity index (χ4n) is 9.76. The number of rotatable bonds is 10. The molecule has 0 aliphatic rings. The van der Waals surface area contributed by atoms with Gasteiger partial charge < -0.3 is 9.47 Å². The highest BCUT2D eigenvalue weighted by molar-refractivity contribution is 9.10. The average Bonchev–Trinajstić information content (AvgIpc) is 3.75. The minimum Gasteiger partial charge on any atom is -0.311 e. The third-order valence-corrected chi connectivity index (χ3v) is 13.7. The fraction of sp³-hybridized carbons (Fsp3) is 0. The van der Waals surface area contributed by atoms with Gasteiger partial charge in [-0.1, -0.05) is 198 Å². The van der Waals surface area contributed by atoms with Crippen molar-refractivity contribution in [3.05, 3.63) is 277 Å². The first kappa shape index (κ1) is 41.9. The van der Waals surface area contributed by atoms with E-state index in [0.29, 0.717) is 0 Å². The Bertz CT molecular complexity index is 3540. The minimum atomic E-state index is 1.03. The maximum absolute atomic E-state index is 3.88. The average molecular weight is 946 g/mol. The Morgan fingerprint density at radius 1 is 0.246 bits per heavy atom. The number of halogens is 1. The van der Waals surface area contributed by atoms with Gasteiger partial charge >= 0.3 is 0 Å². The molecule has 0 N–H and O–H groups in total. The lowest BCUT2D eigenvalue weighted by molar-refractivity contribution is 1.18. The van der Waals surface area contributed by atoms with Crippen molar-refractivity contribution in [3.8, 4) is 72.4 Å². The number of nitrogens with zero attached hydrogens (tertiary/aromatic N) is 2. The number of hydrogen-bond acceptors (Lipinski definition) is 1. The molecule has 0 spiro atoms. The van der Waals surface area contributed by atoms with Gasteiger partial charge in [0.2, 0.25) is 0 Å². The van der Waals surface area contributed by atoms with E-state index in [0.717, 1.165) is 49.5 Å². The topological polar surface area (TPSA) is 8.17 Å². The Hall–Kier alpha value is -8.50. The number of anilines is 3. The van der Waals surface area contributed by atoms with Gasteiger partial charge in [0.1, 0.15) is 0 Å². The van der Waals surface area contributed by atoms with Crippen LogP contribution in [0.3, 0.4) is 0 Å². The predicted octanol–water partition coefficient (Wildman–Crippen LogP) is 19.0. The van der Waals surface area contributed by atoms with Gasteiger partial charge in [-0.15, -0.1) is 0 Å². The van der Waals surface area contributed by atoms with Crippen LogP contribution in [0, 0.1) is 0 Å². The lowest BCUT2D eigenvalue weighted by atomic mass is 9.98. The first-order valence-electron chi connectivity index (χ1n) is 23.4. The summed E-state index contributed by atoms with van der Waals surface area (Å²) in [5, 5.41) is 2.47. The van der Waals surface area contributed by atoms with Gasteiger partial charge in [0.05, 0.1) is 11.0 Å². The van der Waals surface area contributed by atoms with E-state index in [4.69, 9.17) is 0 Å². The maximum Gasteiger partial charge on any atom is 0.0541 e. The van der Waals surface area contributed by atoms with Crippen LogP contribution in [0.15, 0.2) is 277 Å². The molecule has 0 aliphatic carbocycles. The summed E-state index contributed by atoms with van der Waals surface area (Å²) in [6.07, 6.45) is 0. The van der Waals surface area contributed by atoms with Gasteiger partial charge in [-0.05, 0) is 158 Å². The summed E-state index contributed by atoms with van der Waals surface area (Å²) in [6, 6.07) is 98.6. The number of hydrogen-bond donors (Lipinski definition) is 0. The molecule has 12 rings (SSSR count). The number of benzene rings is 11. The molecule has 0 saturated heterocycles. The van der Waals surface area contributed by atoms with Crippen molar-refractivity contribution in [1.29, 1.82) is 0 Å². The molecule has 1 heterocycles. The van der Waals surface area contributed by atoms with E-state index >= 15 is 0 Å². The highest BCUT2D eigenvalue weighted by Gasteiger charge is 2.17. The van der Waals surface area contributed by atoms with E-state index in [1.165, 1.54) is 66.3 Å². The molecule has 326 valence electrons. The molecule has 11 aromatic carbocycles.